The smallest absolute Gasteiger partial charge is 0.196 e. The Hall–Kier alpha value is -1.66. The van der Waals surface area contributed by atoms with Crippen LogP contribution in [-0.2, 0) is 5.75 Å². The fourth-order valence-electron chi connectivity index (χ4n) is 2.14. The molecular weight excluding hydrogens is 300 g/mol. The minimum Gasteiger partial charge on any atom is -0.274 e. The molecule has 3 aromatic rings. The van der Waals surface area contributed by atoms with Crippen molar-refractivity contribution in [3.63, 3.8) is 0 Å². The van der Waals surface area contributed by atoms with E-state index in [2.05, 4.69) is 44.2 Å². The lowest BCUT2D eigenvalue weighted by Crippen LogP contribution is -2.01. The first-order valence-corrected chi connectivity index (χ1v) is 8.53. The van der Waals surface area contributed by atoms with E-state index in [1.54, 1.807) is 23.1 Å². The Morgan fingerprint density at radius 3 is 2.67 bits per heavy atom. The molecule has 0 unspecified atom stereocenters. The van der Waals surface area contributed by atoms with Gasteiger partial charge in [-0.25, -0.2) is 4.98 Å². The molecule has 0 atom stereocenters. The number of aryl methyl sites for hydroxylation is 3. The van der Waals surface area contributed by atoms with Gasteiger partial charge in [0.1, 0.15) is 5.82 Å². The second-order valence-corrected chi connectivity index (χ2v) is 6.80. The van der Waals surface area contributed by atoms with Gasteiger partial charge < -0.3 is 0 Å². The molecular formula is C15H16N4S2. The van der Waals surface area contributed by atoms with Gasteiger partial charge in [-0.05, 0) is 32.4 Å². The molecule has 0 N–H and O–H groups in total. The maximum Gasteiger partial charge on any atom is 0.196 e. The summed E-state index contributed by atoms with van der Waals surface area (Å²) in [5, 5.41) is 12.6. The van der Waals surface area contributed by atoms with E-state index in [4.69, 9.17) is 0 Å². The lowest BCUT2D eigenvalue weighted by molar-refractivity contribution is 0.861. The van der Waals surface area contributed by atoms with Crippen molar-refractivity contribution >= 4 is 23.1 Å². The van der Waals surface area contributed by atoms with Gasteiger partial charge in [0.05, 0.1) is 16.4 Å². The van der Waals surface area contributed by atoms with E-state index in [9.17, 15) is 0 Å². The summed E-state index contributed by atoms with van der Waals surface area (Å²) in [7, 11) is 0. The fraction of sp³-hybridized carbons (Fsp3) is 0.267. The summed E-state index contributed by atoms with van der Waals surface area (Å²) in [6, 6.07) is 8.29. The molecule has 0 amide bonds. The zero-order chi connectivity index (χ0) is 14.8. The van der Waals surface area contributed by atoms with Crippen molar-refractivity contribution in [2.45, 2.75) is 31.7 Å². The summed E-state index contributed by atoms with van der Waals surface area (Å²) < 4.78 is 2.11. The van der Waals surface area contributed by atoms with Gasteiger partial charge in [0.2, 0.25) is 0 Å². The van der Waals surface area contributed by atoms with Gasteiger partial charge >= 0.3 is 0 Å². The molecule has 1 aromatic carbocycles. The van der Waals surface area contributed by atoms with Crippen LogP contribution in [0.4, 0.5) is 0 Å². The second kappa shape index (κ2) is 5.99. The van der Waals surface area contributed by atoms with Gasteiger partial charge in [-0.2, -0.15) is 0 Å². The molecule has 0 aliphatic carbocycles. The average Bonchev–Trinajstić information content (AvgIpc) is 3.04. The van der Waals surface area contributed by atoms with E-state index in [-0.39, 0.29) is 0 Å². The molecule has 0 saturated heterocycles. The number of nitrogens with zero attached hydrogens (tertiary/aromatic N) is 4. The van der Waals surface area contributed by atoms with Crippen LogP contribution < -0.4 is 0 Å². The van der Waals surface area contributed by atoms with Crippen LogP contribution in [0.25, 0.3) is 5.69 Å². The van der Waals surface area contributed by atoms with Crippen LogP contribution in [0.1, 0.15) is 22.1 Å². The number of hydrogen-bond donors (Lipinski definition) is 0. The number of aromatic nitrogens is 4. The molecule has 6 heteroatoms. The monoisotopic (exact) mass is 316 g/mol. The first-order chi connectivity index (χ1) is 10.1. The minimum atomic E-state index is 0.814. The van der Waals surface area contributed by atoms with E-state index in [0.29, 0.717) is 0 Å². The predicted molar refractivity (Wildman–Crippen MR) is 87.2 cm³/mol. The molecule has 0 aliphatic rings. The summed E-state index contributed by atoms with van der Waals surface area (Å²) in [6.45, 7) is 6.11. The molecule has 2 aromatic heterocycles. The third-order valence-electron chi connectivity index (χ3n) is 3.17. The molecule has 3 rings (SSSR count). The van der Waals surface area contributed by atoms with Crippen LogP contribution in [-0.4, -0.2) is 19.7 Å². The van der Waals surface area contributed by atoms with Crippen LogP contribution in [0.2, 0.25) is 0 Å². The van der Waals surface area contributed by atoms with E-state index in [0.717, 1.165) is 33.1 Å². The zero-order valence-corrected chi connectivity index (χ0v) is 13.8. The standard InChI is InChI=1S/C15H16N4S2/c1-10-6-4-5-7-14(10)19-11(2)17-18-15(19)21-9-13-8-20-12(3)16-13/h4-8H,9H2,1-3H3. The number of benzene rings is 1. The Balaban J connectivity index is 1.89. The Bertz CT molecular complexity index is 761. The largest absolute Gasteiger partial charge is 0.274 e. The maximum absolute atomic E-state index is 4.49. The van der Waals surface area contributed by atoms with Crippen molar-refractivity contribution in [2.24, 2.45) is 0 Å². The van der Waals surface area contributed by atoms with Crippen LogP contribution in [0, 0.1) is 20.8 Å². The zero-order valence-electron chi connectivity index (χ0n) is 12.2. The third kappa shape index (κ3) is 3.01. The molecule has 2 heterocycles. The number of para-hydroxylation sites is 1. The Morgan fingerprint density at radius 1 is 1.14 bits per heavy atom. The van der Waals surface area contributed by atoms with Gasteiger partial charge in [-0.3, -0.25) is 4.57 Å². The quantitative estimate of drug-likeness (QED) is 0.684. The number of thiazole rings is 1. The highest BCUT2D eigenvalue weighted by Crippen LogP contribution is 2.26. The molecule has 0 radical (unpaired) electrons. The second-order valence-electron chi connectivity index (χ2n) is 4.80. The highest BCUT2D eigenvalue weighted by molar-refractivity contribution is 7.98. The van der Waals surface area contributed by atoms with Crippen molar-refractivity contribution in [3.05, 3.63) is 51.7 Å². The summed E-state index contributed by atoms with van der Waals surface area (Å²) >= 11 is 3.35. The summed E-state index contributed by atoms with van der Waals surface area (Å²) in [5.74, 6) is 1.72. The van der Waals surface area contributed by atoms with E-state index in [1.807, 2.05) is 26.0 Å². The maximum atomic E-state index is 4.49. The van der Waals surface area contributed by atoms with Crippen molar-refractivity contribution in [3.8, 4) is 5.69 Å². The summed E-state index contributed by atoms with van der Waals surface area (Å²) in [4.78, 5) is 4.49. The van der Waals surface area contributed by atoms with Crippen molar-refractivity contribution in [1.29, 1.82) is 0 Å². The van der Waals surface area contributed by atoms with Gasteiger partial charge in [0.25, 0.3) is 0 Å². The molecule has 0 aliphatic heterocycles. The first-order valence-electron chi connectivity index (χ1n) is 6.67. The highest BCUT2D eigenvalue weighted by atomic mass is 32.2. The SMILES string of the molecule is Cc1nc(CSc2nnc(C)n2-c2ccccc2C)cs1. The molecule has 0 bridgehead atoms. The molecule has 4 nitrogen and oxygen atoms in total. The Kier molecular flexibility index (Phi) is 4.07. The van der Waals surface area contributed by atoms with Gasteiger partial charge in [-0.1, -0.05) is 30.0 Å². The number of rotatable bonds is 4. The van der Waals surface area contributed by atoms with E-state index < -0.39 is 0 Å². The number of thioether (sulfide) groups is 1. The molecule has 21 heavy (non-hydrogen) atoms. The Morgan fingerprint density at radius 2 is 1.95 bits per heavy atom. The fourth-order valence-corrected chi connectivity index (χ4v) is 3.74. The molecule has 108 valence electrons. The van der Waals surface area contributed by atoms with Gasteiger partial charge in [0, 0.05) is 11.1 Å². The van der Waals surface area contributed by atoms with Crippen LogP contribution in [0.5, 0.6) is 0 Å². The van der Waals surface area contributed by atoms with Crippen molar-refractivity contribution in [2.75, 3.05) is 0 Å². The normalized spacial score (nSPS) is 11.0. The predicted octanol–water partition coefficient (Wildman–Crippen LogP) is 3.94. The van der Waals surface area contributed by atoms with Crippen molar-refractivity contribution < 1.29 is 0 Å². The summed E-state index contributed by atoms with van der Waals surface area (Å²) in [6.07, 6.45) is 0. The Labute approximate surface area is 132 Å². The van der Waals surface area contributed by atoms with Crippen LogP contribution in [0.3, 0.4) is 0 Å². The van der Waals surface area contributed by atoms with E-state index >= 15 is 0 Å². The van der Waals surface area contributed by atoms with Crippen LogP contribution in [0.15, 0.2) is 34.8 Å². The first kappa shape index (κ1) is 14.3. The molecule has 0 saturated carbocycles. The minimum absolute atomic E-state index is 0.814. The molecule has 0 spiro atoms. The summed E-state index contributed by atoms with van der Waals surface area (Å²) in [5.41, 5.74) is 3.45. The lowest BCUT2D eigenvalue weighted by Gasteiger charge is -2.10. The lowest BCUT2D eigenvalue weighted by atomic mass is 10.2. The van der Waals surface area contributed by atoms with Gasteiger partial charge in [-0.15, -0.1) is 21.5 Å². The number of hydrogen-bond acceptors (Lipinski definition) is 5. The topological polar surface area (TPSA) is 43.6 Å². The highest BCUT2D eigenvalue weighted by Gasteiger charge is 2.13. The van der Waals surface area contributed by atoms with Crippen LogP contribution >= 0.6 is 23.1 Å². The average molecular weight is 316 g/mol. The van der Waals surface area contributed by atoms with Crippen molar-refractivity contribution in [1.82, 2.24) is 19.7 Å². The third-order valence-corrected chi connectivity index (χ3v) is 4.95. The van der Waals surface area contributed by atoms with Gasteiger partial charge in [0.15, 0.2) is 5.16 Å². The van der Waals surface area contributed by atoms with E-state index in [1.165, 1.54) is 5.56 Å². The molecule has 0 fully saturated rings.